The summed E-state index contributed by atoms with van der Waals surface area (Å²) in [5.74, 6) is -0.0264. The van der Waals surface area contributed by atoms with Crippen LogP contribution in [0.2, 0.25) is 0 Å². The first-order chi connectivity index (χ1) is 22.0. The van der Waals surface area contributed by atoms with E-state index in [0.29, 0.717) is 29.7 Å². The second-order valence-electron chi connectivity index (χ2n) is 11.1. The van der Waals surface area contributed by atoms with Crippen LogP contribution in [0.1, 0.15) is 47.0 Å². The largest absolute Gasteiger partial charge is 0.332 e. The minimum absolute atomic E-state index is 0.0370. The number of rotatable bonds is 10. The summed E-state index contributed by atoms with van der Waals surface area (Å²) in [5, 5.41) is 0.542. The Bertz CT molecular complexity index is 1900. The molecule has 0 aliphatic heterocycles. The molecule has 5 nitrogen and oxygen atoms in total. The molecule has 1 atom stereocenters. The number of halogens is 1. The highest BCUT2D eigenvalue weighted by atomic mass is 127. The summed E-state index contributed by atoms with van der Waals surface area (Å²) in [4.78, 5) is 36.1. The van der Waals surface area contributed by atoms with Crippen molar-refractivity contribution in [3.05, 3.63) is 178 Å². The van der Waals surface area contributed by atoms with Gasteiger partial charge in [-0.05, 0) is 59.9 Å². The van der Waals surface area contributed by atoms with E-state index in [2.05, 4.69) is 34.7 Å². The molecular formula is C39H34IN3O2. The number of para-hydroxylation sites is 1. The number of carbonyl (C=O) groups excluding carboxylic acids is 1. The average Bonchev–Trinajstić information content (AvgIpc) is 3.10. The first-order valence-corrected chi connectivity index (χ1v) is 16.7. The number of hydrogen-bond acceptors (Lipinski definition) is 3. The lowest BCUT2D eigenvalue weighted by atomic mass is 9.89. The Balaban J connectivity index is 1.51. The Morgan fingerprint density at radius 3 is 1.89 bits per heavy atom. The van der Waals surface area contributed by atoms with Crippen molar-refractivity contribution >= 4 is 39.4 Å². The zero-order valence-corrected chi connectivity index (χ0v) is 27.2. The van der Waals surface area contributed by atoms with Crippen LogP contribution in [-0.4, -0.2) is 26.9 Å². The van der Waals surface area contributed by atoms with Gasteiger partial charge in [-0.1, -0.05) is 138 Å². The Morgan fingerprint density at radius 2 is 1.29 bits per heavy atom. The third-order valence-corrected chi connectivity index (χ3v) is 9.15. The van der Waals surface area contributed by atoms with Gasteiger partial charge in [-0.2, -0.15) is 0 Å². The molecule has 1 aromatic heterocycles. The van der Waals surface area contributed by atoms with Gasteiger partial charge in [0, 0.05) is 11.0 Å². The number of nitrogens with zero attached hydrogens (tertiary/aromatic N) is 3. The molecule has 0 aliphatic carbocycles. The molecule has 6 rings (SSSR count). The quantitative estimate of drug-likeness (QED) is 0.107. The van der Waals surface area contributed by atoms with Crippen molar-refractivity contribution in [1.29, 1.82) is 0 Å². The number of hydrogen-bond donors (Lipinski definition) is 0. The summed E-state index contributed by atoms with van der Waals surface area (Å²) in [7, 11) is 0. The van der Waals surface area contributed by atoms with E-state index in [0.717, 1.165) is 26.8 Å². The molecule has 224 valence electrons. The fourth-order valence-electron chi connectivity index (χ4n) is 5.88. The summed E-state index contributed by atoms with van der Waals surface area (Å²) < 4.78 is 2.56. The molecule has 0 N–H and O–H groups in total. The third-order valence-electron chi connectivity index (χ3n) is 8.27. The Morgan fingerprint density at radius 1 is 0.733 bits per heavy atom. The Kier molecular flexibility index (Phi) is 9.50. The zero-order valence-electron chi connectivity index (χ0n) is 25.1. The van der Waals surface area contributed by atoms with Crippen molar-refractivity contribution < 1.29 is 4.79 Å². The van der Waals surface area contributed by atoms with Crippen LogP contribution in [0, 0.1) is 0 Å². The lowest BCUT2D eigenvalue weighted by Crippen LogP contribution is -2.41. The van der Waals surface area contributed by atoms with E-state index in [1.165, 1.54) is 5.56 Å². The molecule has 0 saturated heterocycles. The topological polar surface area (TPSA) is 55.2 Å². The second kappa shape index (κ2) is 14.0. The van der Waals surface area contributed by atoms with Crippen molar-refractivity contribution in [2.75, 3.05) is 6.54 Å². The minimum atomic E-state index is -0.519. The molecule has 0 radical (unpaired) electrons. The Labute approximate surface area is 277 Å². The number of carbonyl (C=O) groups is 1. The summed E-state index contributed by atoms with van der Waals surface area (Å²) in [6, 6.07) is 45.0. The van der Waals surface area contributed by atoms with Crippen molar-refractivity contribution in [1.82, 2.24) is 14.5 Å². The highest BCUT2D eigenvalue weighted by Gasteiger charge is 2.33. The number of amides is 1. The molecule has 1 amide bonds. The maximum atomic E-state index is 15.0. The van der Waals surface area contributed by atoms with E-state index in [1.54, 1.807) is 4.57 Å². The third kappa shape index (κ3) is 6.61. The highest BCUT2D eigenvalue weighted by Crippen LogP contribution is 2.32. The summed E-state index contributed by atoms with van der Waals surface area (Å²) in [6.45, 7) is 2.44. The lowest BCUT2D eigenvalue weighted by Gasteiger charge is -2.34. The molecule has 0 spiro atoms. The zero-order chi connectivity index (χ0) is 31.2. The molecule has 6 aromatic rings. The molecule has 0 bridgehead atoms. The first-order valence-electron chi connectivity index (χ1n) is 15.2. The average molecular weight is 704 g/mol. The van der Waals surface area contributed by atoms with Crippen LogP contribution in [0.5, 0.6) is 0 Å². The first kappa shape index (κ1) is 30.5. The van der Waals surface area contributed by atoms with Gasteiger partial charge >= 0.3 is 0 Å². The SMILES string of the molecule is CC(c1nc2ccccc2c(=O)n1-c1ccc(CI)cc1)N(CCc1ccccc1)C(=O)C(c1ccccc1)c1ccccc1. The molecule has 0 fully saturated rings. The smallest absolute Gasteiger partial charge is 0.266 e. The Hall–Kier alpha value is -4.56. The summed E-state index contributed by atoms with van der Waals surface area (Å²) in [6.07, 6.45) is 0.662. The van der Waals surface area contributed by atoms with Crippen LogP contribution in [0.15, 0.2) is 144 Å². The van der Waals surface area contributed by atoms with Crippen molar-refractivity contribution in [2.45, 2.75) is 29.7 Å². The molecule has 6 heteroatoms. The van der Waals surface area contributed by atoms with Gasteiger partial charge in [-0.25, -0.2) is 4.98 Å². The monoisotopic (exact) mass is 703 g/mol. The van der Waals surface area contributed by atoms with E-state index >= 15 is 0 Å². The predicted octanol–water partition coefficient (Wildman–Crippen LogP) is 8.29. The van der Waals surface area contributed by atoms with E-state index in [9.17, 15) is 9.59 Å². The van der Waals surface area contributed by atoms with Crippen LogP contribution < -0.4 is 5.56 Å². The van der Waals surface area contributed by atoms with Gasteiger partial charge in [0.15, 0.2) is 0 Å². The van der Waals surface area contributed by atoms with Crippen LogP contribution in [0.4, 0.5) is 0 Å². The maximum absolute atomic E-state index is 15.0. The van der Waals surface area contributed by atoms with Gasteiger partial charge in [-0.15, -0.1) is 0 Å². The molecule has 1 heterocycles. The molecular weight excluding hydrogens is 669 g/mol. The maximum Gasteiger partial charge on any atom is 0.266 e. The van der Waals surface area contributed by atoms with Crippen LogP contribution >= 0.6 is 22.6 Å². The van der Waals surface area contributed by atoms with Gasteiger partial charge < -0.3 is 4.90 Å². The fourth-order valence-corrected chi connectivity index (χ4v) is 6.39. The summed E-state index contributed by atoms with van der Waals surface area (Å²) in [5.41, 5.74) is 5.34. The standard InChI is InChI=1S/C39H34IN3O2/c1-28(37-41-35-20-12-11-19-34(35)38(44)43(37)33-23-21-30(27-40)22-24-33)42(26-25-29-13-5-2-6-14-29)39(45)36(31-15-7-3-8-16-31)32-17-9-4-10-18-32/h2-24,28,36H,25-27H2,1H3. The minimum Gasteiger partial charge on any atom is -0.332 e. The molecule has 0 aliphatic rings. The second-order valence-corrected chi connectivity index (χ2v) is 11.9. The van der Waals surface area contributed by atoms with Crippen LogP contribution in [0.25, 0.3) is 16.6 Å². The molecule has 1 unspecified atom stereocenters. The van der Waals surface area contributed by atoms with E-state index in [4.69, 9.17) is 4.98 Å². The van der Waals surface area contributed by atoms with Gasteiger partial charge in [0.1, 0.15) is 5.82 Å². The number of alkyl halides is 1. The van der Waals surface area contributed by atoms with Crippen molar-refractivity contribution in [3.8, 4) is 5.69 Å². The predicted molar refractivity (Wildman–Crippen MR) is 190 cm³/mol. The molecule has 5 aromatic carbocycles. The van der Waals surface area contributed by atoms with Crippen molar-refractivity contribution in [2.24, 2.45) is 0 Å². The molecule has 45 heavy (non-hydrogen) atoms. The van der Waals surface area contributed by atoms with Crippen LogP contribution in [-0.2, 0) is 15.6 Å². The van der Waals surface area contributed by atoms with Gasteiger partial charge in [0.05, 0.1) is 28.6 Å². The number of aromatic nitrogens is 2. The van der Waals surface area contributed by atoms with Crippen molar-refractivity contribution in [3.63, 3.8) is 0 Å². The summed E-state index contributed by atoms with van der Waals surface area (Å²) >= 11 is 2.34. The van der Waals surface area contributed by atoms with Gasteiger partial charge in [0.2, 0.25) is 5.91 Å². The lowest BCUT2D eigenvalue weighted by molar-refractivity contribution is -0.134. The fraction of sp³-hybridized carbons (Fsp3) is 0.154. The van der Waals surface area contributed by atoms with Gasteiger partial charge in [-0.3, -0.25) is 14.2 Å². The highest BCUT2D eigenvalue weighted by molar-refractivity contribution is 14.1. The number of benzene rings is 5. The van der Waals surface area contributed by atoms with E-state index < -0.39 is 12.0 Å². The van der Waals surface area contributed by atoms with E-state index in [-0.39, 0.29) is 11.5 Å². The van der Waals surface area contributed by atoms with Crippen LogP contribution in [0.3, 0.4) is 0 Å². The number of fused-ring (bicyclic) bond motifs is 1. The van der Waals surface area contributed by atoms with E-state index in [1.807, 2.05) is 139 Å². The van der Waals surface area contributed by atoms with Gasteiger partial charge in [0.25, 0.3) is 5.56 Å². The normalized spacial score (nSPS) is 11.9. The molecule has 0 saturated carbocycles.